The summed E-state index contributed by atoms with van der Waals surface area (Å²) in [6.07, 6.45) is 8.51. The average molecular weight is 261 g/mol. The Hall–Kier alpha value is -1.20. The van der Waals surface area contributed by atoms with Crippen molar-refractivity contribution in [2.45, 2.75) is 31.2 Å². The van der Waals surface area contributed by atoms with Crippen molar-refractivity contribution in [2.24, 2.45) is 5.73 Å². The Balaban J connectivity index is 1.44. The monoisotopic (exact) mass is 261 g/mol. The Morgan fingerprint density at radius 3 is 2.37 bits per heavy atom. The first-order chi connectivity index (χ1) is 9.25. The van der Waals surface area contributed by atoms with E-state index in [9.17, 15) is 0 Å². The second-order valence-electron chi connectivity index (χ2n) is 5.84. The third-order valence-electron chi connectivity index (χ3n) is 4.48. The van der Waals surface area contributed by atoms with Gasteiger partial charge in [-0.15, -0.1) is 0 Å². The fourth-order valence-corrected chi connectivity index (χ4v) is 2.89. The molecule has 3 rings (SSSR count). The lowest BCUT2D eigenvalue weighted by Gasteiger charge is -2.41. The van der Waals surface area contributed by atoms with Gasteiger partial charge in [-0.25, -0.2) is 9.97 Å². The van der Waals surface area contributed by atoms with Crippen molar-refractivity contribution in [3.05, 3.63) is 18.5 Å². The molecule has 0 spiro atoms. The summed E-state index contributed by atoms with van der Waals surface area (Å²) in [6.45, 7) is 5.35. The fourth-order valence-electron chi connectivity index (χ4n) is 2.89. The van der Waals surface area contributed by atoms with E-state index in [0.29, 0.717) is 0 Å². The standard InChI is InChI=1S/C14H23N5/c15-14(3-1-4-14)5-8-18-9-11-19(12-10-18)13-16-6-2-7-17-13/h2,6-7H,1,3-5,8-12,15H2. The van der Waals surface area contributed by atoms with Crippen LogP contribution in [0.3, 0.4) is 0 Å². The van der Waals surface area contributed by atoms with Gasteiger partial charge in [0, 0.05) is 50.7 Å². The van der Waals surface area contributed by atoms with E-state index < -0.39 is 0 Å². The van der Waals surface area contributed by atoms with E-state index in [1.165, 1.54) is 19.3 Å². The number of hydrogen-bond donors (Lipinski definition) is 1. The Kier molecular flexibility index (Phi) is 3.66. The van der Waals surface area contributed by atoms with Crippen LogP contribution in [0.5, 0.6) is 0 Å². The molecule has 1 aliphatic carbocycles. The molecule has 5 nitrogen and oxygen atoms in total. The largest absolute Gasteiger partial charge is 0.338 e. The van der Waals surface area contributed by atoms with Crippen LogP contribution in [-0.4, -0.2) is 53.1 Å². The van der Waals surface area contributed by atoms with Crippen molar-refractivity contribution in [1.82, 2.24) is 14.9 Å². The van der Waals surface area contributed by atoms with Crippen LogP contribution in [0, 0.1) is 0 Å². The van der Waals surface area contributed by atoms with Gasteiger partial charge in [0.15, 0.2) is 0 Å². The molecule has 0 bridgehead atoms. The molecule has 1 saturated heterocycles. The molecular weight excluding hydrogens is 238 g/mol. The highest BCUT2D eigenvalue weighted by molar-refractivity contribution is 5.29. The van der Waals surface area contributed by atoms with Crippen molar-refractivity contribution in [3.8, 4) is 0 Å². The lowest BCUT2D eigenvalue weighted by atomic mass is 9.75. The first-order valence-electron chi connectivity index (χ1n) is 7.28. The molecule has 2 heterocycles. The maximum atomic E-state index is 6.28. The third kappa shape index (κ3) is 3.04. The van der Waals surface area contributed by atoms with Crippen LogP contribution < -0.4 is 10.6 Å². The van der Waals surface area contributed by atoms with Crippen LogP contribution in [0.1, 0.15) is 25.7 Å². The number of nitrogens with zero attached hydrogens (tertiary/aromatic N) is 4. The van der Waals surface area contributed by atoms with Crippen LogP contribution in [0.15, 0.2) is 18.5 Å². The predicted molar refractivity (Wildman–Crippen MR) is 76.1 cm³/mol. The molecule has 5 heteroatoms. The van der Waals surface area contributed by atoms with E-state index in [4.69, 9.17) is 5.73 Å². The smallest absolute Gasteiger partial charge is 0.225 e. The summed E-state index contributed by atoms with van der Waals surface area (Å²) >= 11 is 0. The minimum Gasteiger partial charge on any atom is -0.338 e. The van der Waals surface area contributed by atoms with E-state index in [0.717, 1.165) is 45.1 Å². The minimum absolute atomic E-state index is 0.152. The normalized spacial score (nSPS) is 23.1. The highest BCUT2D eigenvalue weighted by Crippen LogP contribution is 2.32. The van der Waals surface area contributed by atoms with Crippen molar-refractivity contribution in [1.29, 1.82) is 0 Å². The molecule has 1 aromatic rings. The summed E-state index contributed by atoms with van der Waals surface area (Å²) in [6, 6.07) is 1.86. The fraction of sp³-hybridized carbons (Fsp3) is 0.714. The SMILES string of the molecule is NC1(CCN2CCN(c3ncccn3)CC2)CCC1. The summed E-state index contributed by atoms with van der Waals surface area (Å²) in [5.74, 6) is 0.858. The van der Waals surface area contributed by atoms with Crippen molar-refractivity contribution in [3.63, 3.8) is 0 Å². The van der Waals surface area contributed by atoms with Gasteiger partial charge in [0.1, 0.15) is 0 Å². The van der Waals surface area contributed by atoms with Gasteiger partial charge in [-0.2, -0.15) is 0 Å². The number of aromatic nitrogens is 2. The molecule has 0 atom stereocenters. The zero-order valence-electron chi connectivity index (χ0n) is 11.5. The van der Waals surface area contributed by atoms with Gasteiger partial charge in [0.25, 0.3) is 0 Å². The molecule has 1 saturated carbocycles. The van der Waals surface area contributed by atoms with E-state index in [2.05, 4.69) is 19.8 Å². The van der Waals surface area contributed by atoms with E-state index in [1.807, 2.05) is 18.5 Å². The van der Waals surface area contributed by atoms with Crippen LogP contribution >= 0.6 is 0 Å². The highest BCUT2D eigenvalue weighted by atomic mass is 15.3. The lowest BCUT2D eigenvalue weighted by molar-refractivity contribution is 0.176. The van der Waals surface area contributed by atoms with Crippen LogP contribution in [-0.2, 0) is 0 Å². The van der Waals surface area contributed by atoms with Crippen LogP contribution in [0.25, 0.3) is 0 Å². The Morgan fingerprint density at radius 2 is 1.79 bits per heavy atom. The Labute approximate surface area is 114 Å². The molecular formula is C14H23N5. The molecule has 0 amide bonds. The van der Waals surface area contributed by atoms with Crippen LogP contribution in [0.4, 0.5) is 5.95 Å². The third-order valence-corrected chi connectivity index (χ3v) is 4.48. The average Bonchev–Trinajstić information content (AvgIpc) is 2.45. The molecule has 2 N–H and O–H groups in total. The molecule has 2 fully saturated rings. The predicted octanol–water partition coefficient (Wildman–Crippen LogP) is 0.870. The van der Waals surface area contributed by atoms with Gasteiger partial charge < -0.3 is 10.6 Å². The maximum Gasteiger partial charge on any atom is 0.225 e. The van der Waals surface area contributed by atoms with Gasteiger partial charge in [0.2, 0.25) is 5.95 Å². The first-order valence-corrected chi connectivity index (χ1v) is 7.28. The van der Waals surface area contributed by atoms with Crippen molar-refractivity contribution >= 4 is 5.95 Å². The van der Waals surface area contributed by atoms with Gasteiger partial charge >= 0.3 is 0 Å². The number of nitrogens with two attached hydrogens (primary N) is 1. The molecule has 104 valence electrons. The van der Waals surface area contributed by atoms with E-state index in [-0.39, 0.29) is 5.54 Å². The van der Waals surface area contributed by atoms with Crippen molar-refractivity contribution in [2.75, 3.05) is 37.6 Å². The van der Waals surface area contributed by atoms with E-state index in [1.54, 1.807) is 0 Å². The highest BCUT2D eigenvalue weighted by Gasteiger charge is 2.32. The molecule has 19 heavy (non-hydrogen) atoms. The van der Waals surface area contributed by atoms with Gasteiger partial charge in [-0.1, -0.05) is 0 Å². The molecule has 2 aliphatic rings. The van der Waals surface area contributed by atoms with Crippen molar-refractivity contribution < 1.29 is 0 Å². The topological polar surface area (TPSA) is 58.3 Å². The Morgan fingerprint density at radius 1 is 1.11 bits per heavy atom. The Bertz CT molecular complexity index is 396. The number of piperazine rings is 1. The number of anilines is 1. The van der Waals surface area contributed by atoms with Gasteiger partial charge in [-0.3, -0.25) is 4.90 Å². The minimum atomic E-state index is 0.152. The lowest BCUT2D eigenvalue weighted by Crippen LogP contribution is -2.52. The second-order valence-corrected chi connectivity index (χ2v) is 5.84. The molecule has 0 aromatic carbocycles. The molecule has 1 aliphatic heterocycles. The number of hydrogen-bond acceptors (Lipinski definition) is 5. The first kappa shape index (κ1) is 12.8. The van der Waals surface area contributed by atoms with Gasteiger partial charge in [-0.05, 0) is 31.7 Å². The summed E-state index contributed by atoms with van der Waals surface area (Å²) in [7, 11) is 0. The molecule has 0 unspecified atom stereocenters. The van der Waals surface area contributed by atoms with Crippen LogP contribution in [0.2, 0.25) is 0 Å². The molecule has 1 aromatic heterocycles. The zero-order valence-corrected chi connectivity index (χ0v) is 11.5. The maximum absolute atomic E-state index is 6.28. The molecule has 0 radical (unpaired) electrons. The summed E-state index contributed by atoms with van der Waals surface area (Å²) in [5, 5.41) is 0. The number of rotatable bonds is 4. The second kappa shape index (κ2) is 5.43. The zero-order chi connectivity index (χ0) is 13.1. The summed E-state index contributed by atoms with van der Waals surface area (Å²) < 4.78 is 0. The summed E-state index contributed by atoms with van der Waals surface area (Å²) in [5.41, 5.74) is 6.43. The summed E-state index contributed by atoms with van der Waals surface area (Å²) in [4.78, 5) is 13.4. The quantitative estimate of drug-likeness (QED) is 0.871. The van der Waals surface area contributed by atoms with E-state index >= 15 is 0 Å². The van der Waals surface area contributed by atoms with Gasteiger partial charge in [0.05, 0.1) is 0 Å².